The van der Waals surface area contributed by atoms with Crippen molar-refractivity contribution >= 4 is 33.8 Å². The van der Waals surface area contributed by atoms with Crippen LogP contribution in [0.4, 0.5) is 0 Å². The van der Waals surface area contributed by atoms with Gasteiger partial charge >= 0.3 is 11.6 Å². The Morgan fingerprint density at radius 1 is 1.09 bits per heavy atom. The molecule has 0 bridgehead atoms. The first-order valence-electron chi connectivity index (χ1n) is 11.2. The van der Waals surface area contributed by atoms with Crippen LogP contribution in [0.1, 0.15) is 48.6 Å². The first kappa shape index (κ1) is 22.1. The molecule has 0 aliphatic carbocycles. The predicted octanol–water partition coefficient (Wildman–Crippen LogP) is 4.20. The van der Waals surface area contributed by atoms with Crippen LogP contribution < -0.4 is 5.63 Å². The van der Waals surface area contributed by atoms with Gasteiger partial charge in [-0.1, -0.05) is 0 Å². The van der Waals surface area contributed by atoms with Gasteiger partial charge in [0, 0.05) is 41.9 Å². The normalized spacial score (nSPS) is 16.6. The van der Waals surface area contributed by atoms with Gasteiger partial charge in [-0.05, 0) is 64.2 Å². The summed E-state index contributed by atoms with van der Waals surface area (Å²) >= 11 is 0. The summed E-state index contributed by atoms with van der Waals surface area (Å²) in [5.74, 6) is 0.259. The molecular formula is C25H29NO6. The highest BCUT2D eigenvalue weighted by atomic mass is 16.5. The molecule has 0 N–H and O–H groups in total. The molecule has 2 aromatic heterocycles. The maximum atomic E-state index is 12.8. The number of piperidine rings is 1. The van der Waals surface area contributed by atoms with E-state index in [2.05, 4.69) is 0 Å². The summed E-state index contributed by atoms with van der Waals surface area (Å²) in [5, 5.41) is 1.84. The Morgan fingerprint density at radius 2 is 1.81 bits per heavy atom. The SMILES string of the molecule is CCOC(=O)[C@@H]1CCCN(C(=O)CCc2c(C)c3cc4c(C)c(C)oc4cc3oc2=O)C1. The lowest BCUT2D eigenvalue weighted by Gasteiger charge is -2.31. The highest BCUT2D eigenvalue weighted by Gasteiger charge is 2.29. The van der Waals surface area contributed by atoms with Gasteiger partial charge in [0.05, 0.1) is 12.5 Å². The van der Waals surface area contributed by atoms with Gasteiger partial charge in [0.2, 0.25) is 5.91 Å². The summed E-state index contributed by atoms with van der Waals surface area (Å²) in [7, 11) is 0. The van der Waals surface area contributed by atoms with Crippen molar-refractivity contribution in [3.05, 3.63) is 45.0 Å². The minimum Gasteiger partial charge on any atom is -0.466 e. The zero-order valence-electron chi connectivity index (χ0n) is 19.1. The fourth-order valence-corrected chi connectivity index (χ4v) is 4.56. The lowest BCUT2D eigenvalue weighted by atomic mass is 9.97. The van der Waals surface area contributed by atoms with Crippen molar-refractivity contribution in [2.75, 3.05) is 19.7 Å². The Labute approximate surface area is 186 Å². The Hall–Kier alpha value is -3.09. The smallest absolute Gasteiger partial charge is 0.339 e. The zero-order valence-corrected chi connectivity index (χ0v) is 19.1. The third-order valence-electron chi connectivity index (χ3n) is 6.57. The van der Waals surface area contributed by atoms with Crippen LogP contribution in [0.15, 0.2) is 25.8 Å². The summed E-state index contributed by atoms with van der Waals surface area (Å²) < 4.78 is 16.5. The van der Waals surface area contributed by atoms with E-state index in [-0.39, 0.29) is 24.2 Å². The van der Waals surface area contributed by atoms with E-state index in [0.29, 0.717) is 42.8 Å². The molecule has 32 heavy (non-hydrogen) atoms. The molecule has 170 valence electrons. The summed E-state index contributed by atoms with van der Waals surface area (Å²) in [6, 6.07) is 3.76. The van der Waals surface area contributed by atoms with Crippen LogP contribution in [-0.4, -0.2) is 36.5 Å². The van der Waals surface area contributed by atoms with Crippen molar-refractivity contribution in [2.45, 2.75) is 53.4 Å². The lowest BCUT2D eigenvalue weighted by Crippen LogP contribution is -2.43. The average molecular weight is 440 g/mol. The minimum absolute atomic E-state index is 0.0605. The Balaban J connectivity index is 1.54. The standard InChI is InChI=1S/C25H29NO6/c1-5-30-24(28)17-7-6-10-26(13-17)23(27)9-8-18-15(3)20-11-19-14(2)16(4)31-21(19)12-22(20)32-25(18)29/h11-12,17H,5-10,13H2,1-4H3/t17-/m1/s1. The zero-order chi connectivity index (χ0) is 23.0. The van der Waals surface area contributed by atoms with E-state index >= 15 is 0 Å². The maximum absolute atomic E-state index is 12.8. The molecule has 0 spiro atoms. The summed E-state index contributed by atoms with van der Waals surface area (Å²) in [6.45, 7) is 8.92. The number of ether oxygens (including phenoxy) is 1. The molecule has 0 saturated carbocycles. The number of hydrogen-bond donors (Lipinski definition) is 0. The Bertz CT molecular complexity index is 1250. The number of carbonyl (C=O) groups is 2. The molecule has 0 unspecified atom stereocenters. The Kier molecular flexibility index (Phi) is 6.09. The number of rotatable bonds is 5. The minimum atomic E-state index is -0.426. The quantitative estimate of drug-likeness (QED) is 0.437. The monoisotopic (exact) mass is 439 g/mol. The van der Waals surface area contributed by atoms with Gasteiger partial charge < -0.3 is 18.5 Å². The van der Waals surface area contributed by atoms with Crippen LogP contribution in [0.2, 0.25) is 0 Å². The van der Waals surface area contributed by atoms with Crippen molar-refractivity contribution in [2.24, 2.45) is 5.92 Å². The molecule has 1 atom stereocenters. The number of likely N-dealkylation sites (tertiary alicyclic amines) is 1. The fraction of sp³-hybridized carbons (Fsp3) is 0.480. The molecule has 1 fully saturated rings. The fourth-order valence-electron chi connectivity index (χ4n) is 4.56. The van der Waals surface area contributed by atoms with Gasteiger partial charge in [-0.2, -0.15) is 0 Å². The third-order valence-corrected chi connectivity index (χ3v) is 6.57. The molecule has 1 aromatic carbocycles. The number of furan rings is 1. The van der Waals surface area contributed by atoms with E-state index < -0.39 is 5.63 Å². The number of amides is 1. The molecule has 3 heterocycles. The van der Waals surface area contributed by atoms with Gasteiger partial charge in [0.25, 0.3) is 0 Å². The second kappa shape index (κ2) is 8.81. The Morgan fingerprint density at radius 3 is 2.56 bits per heavy atom. The molecule has 7 heteroatoms. The molecule has 4 rings (SSSR count). The second-order valence-corrected chi connectivity index (χ2v) is 8.55. The largest absolute Gasteiger partial charge is 0.466 e. The van der Waals surface area contributed by atoms with E-state index in [0.717, 1.165) is 40.5 Å². The van der Waals surface area contributed by atoms with E-state index in [1.165, 1.54) is 0 Å². The lowest BCUT2D eigenvalue weighted by molar-refractivity contribution is -0.151. The van der Waals surface area contributed by atoms with Gasteiger partial charge in [-0.3, -0.25) is 9.59 Å². The van der Waals surface area contributed by atoms with Crippen molar-refractivity contribution in [3.8, 4) is 0 Å². The molecule has 1 amide bonds. The summed E-state index contributed by atoms with van der Waals surface area (Å²) in [5.41, 5.74) is 3.15. The van der Waals surface area contributed by atoms with Crippen LogP contribution in [0.5, 0.6) is 0 Å². The van der Waals surface area contributed by atoms with E-state index in [4.69, 9.17) is 13.6 Å². The van der Waals surface area contributed by atoms with Gasteiger partial charge in [0.15, 0.2) is 0 Å². The van der Waals surface area contributed by atoms with Crippen molar-refractivity contribution in [1.29, 1.82) is 0 Å². The summed E-state index contributed by atoms with van der Waals surface area (Å²) in [6.07, 6.45) is 1.99. The average Bonchev–Trinajstić information content (AvgIpc) is 3.05. The van der Waals surface area contributed by atoms with Gasteiger partial charge in [-0.15, -0.1) is 0 Å². The predicted molar refractivity (Wildman–Crippen MR) is 121 cm³/mol. The maximum Gasteiger partial charge on any atom is 0.339 e. The first-order chi connectivity index (χ1) is 15.3. The van der Waals surface area contributed by atoms with E-state index in [9.17, 15) is 14.4 Å². The highest BCUT2D eigenvalue weighted by Crippen LogP contribution is 2.31. The number of fused-ring (bicyclic) bond motifs is 2. The highest BCUT2D eigenvalue weighted by molar-refractivity contribution is 5.96. The van der Waals surface area contributed by atoms with Gasteiger partial charge in [0.1, 0.15) is 16.9 Å². The molecule has 3 aromatic rings. The number of carbonyl (C=O) groups excluding carboxylic acids is 2. The number of nitrogens with zero attached hydrogens (tertiary/aromatic N) is 1. The molecular weight excluding hydrogens is 410 g/mol. The summed E-state index contributed by atoms with van der Waals surface area (Å²) in [4.78, 5) is 39.3. The topological polar surface area (TPSA) is 90.0 Å². The molecule has 0 radical (unpaired) electrons. The molecule has 1 aliphatic heterocycles. The molecule has 1 saturated heterocycles. The van der Waals surface area contributed by atoms with Crippen LogP contribution >= 0.6 is 0 Å². The van der Waals surface area contributed by atoms with Crippen molar-refractivity contribution in [1.82, 2.24) is 4.90 Å². The number of esters is 1. The van der Waals surface area contributed by atoms with Crippen LogP contribution in [0.25, 0.3) is 21.9 Å². The van der Waals surface area contributed by atoms with E-state index in [1.54, 1.807) is 17.9 Å². The van der Waals surface area contributed by atoms with Crippen molar-refractivity contribution in [3.63, 3.8) is 0 Å². The van der Waals surface area contributed by atoms with Crippen molar-refractivity contribution < 1.29 is 23.2 Å². The van der Waals surface area contributed by atoms with Gasteiger partial charge in [-0.25, -0.2) is 4.79 Å². The number of aryl methyl sites for hydroxylation is 3. The number of benzene rings is 1. The second-order valence-electron chi connectivity index (χ2n) is 8.55. The number of hydrogen-bond acceptors (Lipinski definition) is 6. The first-order valence-corrected chi connectivity index (χ1v) is 11.2. The van der Waals surface area contributed by atoms with Crippen LogP contribution in [0, 0.1) is 26.7 Å². The third kappa shape index (κ3) is 4.04. The molecule has 1 aliphatic rings. The molecule has 7 nitrogen and oxygen atoms in total. The van der Waals surface area contributed by atoms with Crippen LogP contribution in [0.3, 0.4) is 0 Å². The van der Waals surface area contributed by atoms with E-state index in [1.807, 2.05) is 26.8 Å². The van der Waals surface area contributed by atoms with Crippen LogP contribution in [-0.2, 0) is 20.7 Å².